The lowest BCUT2D eigenvalue weighted by molar-refractivity contribution is 0.0688. The third-order valence-corrected chi connectivity index (χ3v) is 2.07. The van der Waals surface area contributed by atoms with Crippen molar-refractivity contribution in [2.75, 3.05) is 0 Å². The van der Waals surface area contributed by atoms with E-state index >= 15 is 0 Å². The molecule has 4 heteroatoms. The number of pyridine rings is 1. The van der Waals surface area contributed by atoms with Gasteiger partial charge in [-0.1, -0.05) is 19.9 Å². The van der Waals surface area contributed by atoms with Crippen molar-refractivity contribution in [1.82, 2.24) is 4.98 Å². The predicted molar refractivity (Wildman–Crippen MR) is 60.7 cm³/mol. The van der Waals surface area contributed by atoms with Crippen molar-refractivity contribution < 1.29 is 14.6 Å². The molecule has 16 heavy (non-hydrogen) atoms. The highest BCUT2D eigenvalue weighted by atomic mass is 16.5. The van der Waals surface area contributed by atoms with Crippen LogP contribution in [0.1, 0.15) is 37.7 Å². The molecule has 1 N–H and O–H groups in total. The van der Waals surface area contributed by atoms with Gasteiger partial charge >= 0.3 is 5.97 Å². The van der Waals surface area contributed by atoms with Crippen molar-refractivity contribution in [1.29, 1.82) is 0 Å². The van der Waals surface area contributed by atoms with E-state index in [9.17, 15) is 4.79 Å². The molecule has 0 aliphatic carbocycles. The van der Waals surface area contributed by atoms with Crippen LogP contribution < -0.4 is 4.74 Å². The van der Waals surface area contributed by atoms with E-state index in [4.69, 9.17) is 9.84 Å². The molecule has 0 spiro atoms. The second-order valence-corrected chi connectivity index (χ2v) is 4.22. The van der Waals surface area contributed by atoms with Crippen LogP contribution in [0.15, 0.2) is 18.2 Å². The largest absolute Gasteiger partial charge is 0.477 e. The van der Waals surface area contributed by atoms with Crippen LogP contribution in [0.2, 0.25) is 0 Å². The lowest BCUT2D eigenvalue weighted by atomic mass is 10.1. The molecule has 0 saturated heterocycles. The summed E-state index contributed by atoms with van der Waals surface area (Å²) in [5.74, 6) is -0.132. The van der Waals surface area contributed by atoms with Crippen molar-refractivity contribution in [3.8, 4) is 5.88 Å². The molecular formula is C12H17NO3. The summed E-state index contributed by atoms with van der Waals surface area (Å²) in [4.78, 5) is 14.6. The van der Waals surface area contributed by atoms with Gasteiger partial charge in [-0.2, -0.15) is 0 Å². The van der Waals surface area contributed by atoms with Gasteiger partial charge in [0, 0.05) is 6.07 Å². The Bertz CT molecular complexity index is 363. The van der Waals surface area contributed by atoms with Gasteiger partial charge in [0.1, 0.15) is 0 Å². The molecular weight excluding hydrogens is 206 g/mol. The zero-order valence-electron chi connectivity index (χ0n) is 9.80. The SMILES string of the molecule is CC(C)CC(C)Oc1cccc(C(=O)O)n1. The van der Waals surface area contributed by atoms with Crippen molar-refractivity contribution in [3.63, 3.8) is 0 Å². The molecule has 1 heterocycles. The van der Waals surface area contributed by atoms with E-state index in [0.29, 0.717) is 11.8 Å². The standard InChI is InChI=1S/C12H17NO3/c1-8(2)7-9(3)16-11-6-4-5-10(13-11)12(14)15/h4-6,8-9H,7H2,1-3H3,(H,14,15). The van der Waals surface area contributed by atoms with Gasteiger partial charge in [0.2, 0.25) is 5.88 Å². The first kappa shape index (κ1) is 12.5. The lowest BCUT2D eigenvalue weighted by Crippen LogP contribution is -2.15. The van der Waals surface area contributed by atoms with Crippen LogP contribution in [0.3, 0.4) is 0 Å². The number of nitrogens with zero attached hydrogens (tertiary/aromatic N) is 1. The van der Waals surface area contributed by atoms with Gasteiger partial charge in [0.15, 0.2) is 5.69 Å². The van der Waals surface area contributed by atoms with Crippen LogP contribution in [0.4, 0.5) is 0 Å². The van der Waals surface area contributed by atoms with Crippen LogP contribution in [0, 0.1) is 5.92 Å². The van der Waals surface area contributed by atoms with E-state index in [1.165, 1.54) is 6.07 Å². The summed E-state index contributed by atoms with van der Waals surface area (Å²) in [6.07, 6.45) is 0.954. The molecule has 1 atom stereocenters. The molecule has 4 nitrogen and oxygen atoms in total. The number of rotatable bonds is 5. The molecule has 1 aromatic rings. The molecule has 0 aliphatic heterocycles. The Morgan fingerprint density at radius 3 is 2.69 bits per heavy atom. The monoisotopic (exact) mass is 223 g/mol. The number of ether oxygens (including phenoxy) is 1. The Morgan fingerprint density at radius 1 is 1.44 bits per heavy atom. The summed E-state index contributed by atoms with van der Waals surface area (Å²) in [6.45, 7) is 6.18. The molecule has 0 aliphatic rings. The third-order valence-electron chi connectivity index (χ3n) is 2.07. The Hall–Kier alpha value is -1.58. The Kier molecular flexibility index (Phi) is 4.28. The Labute approximate surface area is 95.3 Å². The minimum Gasteiger partial charge on any atom is -0.477 e. The molecule has 1 aromatic heterocycles. The molecule has 1 unspecified atom stereocenters. The molecule has 0 saturated carbocycles. The third kappa shape index (κ3) is 3.88. The molecule has 0 amide bonds. The molecule has 0 radical (unpaired) electrons. The lowest BCUT2D eigenvalue weighted by Gasteiger charge is -2.15. The van der Waals surface area contributed by atoms with E-state index in [1.807, 2.05) is 6.92 Å². The van der Waals surface area contributed by atoms with Crippen molar-refractivity contribution in [2.45, 2.75) is 33.3 Å². The highest BCUT2D eigenvalue weighted by Gasteiger charge is 2.10. The maximum atomic E-state index is 10.7. The van der Waals surface area contributed by atoms with Crippen molar-refractivity contribution in [3.05, 3.63) is 23.9 Å². The highest BCUT2D eigenvalue weighted by Crippen LogP contribution is 2.13. The maximum absolute atomic E-state index is 10.7. The molecule has 0 bridgehead atoms. The van der Waals surface area contributed by atoms with Gasteiger partial charge in [0.25, 0.3) is 0 Å². The fraction of sp³-hybridized carbons (Fsp3) is 0.500. The Balaban J connectivity index is 2.66. The Morgan fingerprint density at radius 2 is 2.12 bits per heavy atom. The average Bonchev–Trinajstić information content (AvgIpc) is 2.16. The summed E-state index contributed by atoms with van der Waals surface area (Å²) in [5, 5.41) is 8.77. The number of hydrogen-bond donors (Lipinski definition) is 1. The average molecular weight is 223 g/mol. The van der Waals surface area contributed by atoms with E-state index in [1.54, 1.807) is 12.1 Å². The molecule has 0 aromatic carbocycles. The number of carbonyl (C=O) groups is 1. The first-order valence-electron chi connectivity index (χ1n) is 5.36. The zero-order valence-corrected chi connectivity index (χ0v) is 9.80. The predicted octanol–water partition coefficient (Wildman–Crippen LogP) is 2.59. The van der Waals surface area contributed by atoms with Gasteiger partial charge in [-0.3, -0.25) is 0 Å². The van der Waals surface area contributed by atoms with Crippen LogP contribution >= 0.6 is 0 Å². The number of carboxylic acid groups (broad SMARTS) is 1. The molecule has 88 valence electrons. The van der Waals surface area contributed by atoms with Gasteiger partial charge in [-0.25, -0.2) is 9.78 Å². The van der Waals surface area contributed by atoms with Crippen molar-refractivity contribution >= 4 is 5.97 Å². The molecule has 0 fully saturated rings. The number of hydrogen-bond acceptors (Lipinski definition) is 3. The minimum atomic E-state index is -1.04. The van der Waals surface area contributed by atoms with E-state index in [0.717, 1.165) is 6.42 Å². The zero-order chi connectivity index (χ0) is 12.1. The van der Waals surface area contributed by atoms with Crippen molar-refractivity contribution in [2.24, 2.45) is 5.92 Å². The minimum absolute atomic E-state index is 0.00856. The fourth-order valence-corrected chi connectivity index (χ4v) is 1.52. The van der Waals surface area contributed by atoms with Crippen LogP contribution in [0.5, 0.6) is 5.88 Å². The first-order valence-corrected chi connectivity index (χ1v) is 5.36. The highest BCUT2D eigenvalue weighted by molar-refractivity contribution is 5.85. The number of carboxylic acids is 1. The molecule has 1 rings (SSSR count). The van der Waals surface area contributed by atoms with E-state index in [-0.39, 0.29) is 11.8 Å². The smallest absolute Gasteiger partial charge is 0.354 e. The second-order valence-electron chi connectivity index (χ2n) is 4.22. The summed E-state index contributed by atoms with van der Waals surface area (Å²) >= 11 is 0. The normalized spacial score (nSPS) is 12.5. The van der Waals surface area contributed by atoms with Crippen LogP contribution in [-0.2, 0) is 0 Å². The van der Waals surface area contributed by atoms with Crippen LogP contribution in [0.25, 0.3) is 0 Å². The van der Waals surface area contributed by atoms with E-state index < -0.39 is 5.97 Å². The first-order chi connectivity index (χ1) is 7.49. The second kappa shape index (κ2) is 5.49. The van der Waals surface area contributed by atoms with Gasteiger partial charge in [-0.05, 0) is 25.3 Å². The number of aromatic nitrogens is 1. The van der Waals surface area contributed by atoms with E-state index in [2.05, 4.69) is 18.8 Å². The summed E-state index contributed by atoms with van der Waals surface area (Å²) in [6, 6.07) is 4.75. The maximum Gasteiger partial charge on any atom is 0.354 e. The topological polar surface area (TPSA) is 59.4 Å². The summed E-state index contributed by atoms with van der Waals surface area (Å²) < 4.78 is 5.54. The van der Waals surface area contributed by atoms with Crippen LogP contribution in [-0.4, -0.2) is 22.2 Å². The number of aromatic carboxylic acids is 1. The van der Waals surface area contributed by atoms with Gasteiger partial charge in [0.05, 0.1) is 6.10 Å². The quantitative estimate of drug-likeness (QED) is 0.833. The van der Waals surface area contributed by atoms with Gasteiger partial charge in [-0.15, -0.1) is 0 Å². The summed E-state index contributed by atoms with van der Waals surface area (Å²) in [7, 11) is 0. The fourth-order valence-electron chi connectivity index (χ4n) is 1.52. The van der Waals surface area contributed by atoms with Gasteiger partial charge < -0.3 is 9.84 Å². The summed E-state index contributed by atoms with van der Waals surface area (Å²) in [5.41, 5.74) is 0.00856.